The van der Waals surface area contributed by atoms with Crippen LogP contribution >= 0.6 is 12.2 Å². The Morgan fingerprint density at radius 2 is 2.17 bits per heavy atom. The number of nitrogens with one attached hydrogen (secondary N) is 2. The molecule has 3 rings (SSSR count). The smallest absolute Gasteiger partial charge is 0.170 e. The number of hydrogen-bond acceptors (Lipinski definition) is 4. The van der Waals surface area contributed by atoms with E-state index in [4.69, 9.17) is 17.0 Å². The number of aromatic nitrogens is 1. The van der Waals surface area contributed by atoms with Gasteiger partial charge in [0.25, 0.3) is 0 Å². The fraction of sp³-hybridized carbons (Fsp3) is 0.647. The Hall–Kier alpha value is -1.40. The van der Waals surface area contributed by atoms with Crippen LogP contribution in [0.25, 0.3) is 0 Å². The first-order valence-electron chi connectivity index (χ1n) is 8.58. The normalized spacial score (nSPS) is 22.1. The van der Waals surface area contributed by atoms with Crippen LogP contribution in [0.1, 0.15) is 32.6 Å². The summed E-state index contributed by atoms with van der Waals surface area (Å²) in [6, 6.07) is 4.11. The van der Waals surface area contributed by atoms with Gasteiger partial charge in [0.1, 0.15) is 5.82 Å². The number of ether oxygens (including phenoxy) is 1. The van der Waals surface area contributed by atoms with Crippen molar-refractivity contribution in [3.8, 4) is 0 Å². The molecule has 3 heterocycles. The maximum atomic E-state index is 5.58. The summed E-state index contributed by atoms with van der Waals surface area (Å²) in [5.41, 5.74) is 0.920. The summed E-state index contributed by atoms with van der Waals surface area (Å²) in [4.78, 5) is 6.93. The molecule has 0 aliphatic carbocycles. The largest absolute Gasteiger partial charge is 0.376 e. The highest BCUT2D eigenvalue weighted by Gasteiger charge is 2.17. The van der Waals surface area contributed by atoms with Gasteiger partial charge in [0.2, 0.25) is 0 Å². The lowest BCUT2D eigenvalue weighted by Gasteiger charge is -2.31. The van der Waals surface area contributed by atoms with E-state index in [-0.39, 0.29) is 6.10 Å². The molecule has 5 nitrogen and oxygen atoms in total. The van der Waals surface area contributed by atoms with Crippen molar-refractivity contribution in [3.05, 3.63) is 18.3 Å². The zero-order valence-electron chi connectivity index (χ0n) is 13.8. The van der Waals surface area contributed by atoms with Crippen LogP contribution in [0.3, 0.4) is 0 Å². The van der Waals surface area contributed by atoms with Crippen molar-refractivity contribution in [2.45, 2.75) is 38.7 Å². The summed E-state index contributed by atoms with van der Waals surface area (Å²) in [6.45, 7) is 6.16. The number of anilines is 2. The summed E-state index contributed by atoms with van der Waals surface area (Å²) in [5, 5.41) is 7.03. The van der Waals surface area contributed by atoms with Crippen LogP contribution in [0.4, 0.5) is 11.5 Å². The van der Waals surface area contributed by atoms with Gasteiger partial charge >= 0.3 is 0 Å². The van der Waals surface area contributed by atoms with Gasteiger partial charge in [-0.05, 0) is 56.0 Å². The van der Waals surface area contributed by atoms with Crippen molar-refractivity contribution in [2.75, 3.05) is 36.5 Å². The number of rotatable bonds is 4. The Morgan fingerprint density at radius 3 is 2.83 bits per heavy atom. The van der Waals surface area contributed by atoms with Crippen molar-refractivity contribution in [1.82, 2.24) is 10.3 Å². The first kappa shape index (κ1) is 16.5. The second-order valence-electron chi connectivity index (χ2n) is 6.54. The van der Waals surface area contributed by atoms with Gasteiger partial charge in [0.15, 0.2) is 5.11 Å². The minimum Gasteiger partial charge on any atom is -0.376 e. The van der Waals surface area contributed by atoms with E-state index >= 15 is 0 Å². The molecule has 1 aromatic heterocycles. The maximum Gasteiger partial charge on any atom is 0.170 e. The van der Waals surface area contributed by atoms with E-state index in [1.807, 2.05) is 12.3 Å². The molecule has 2 aliphatic rings. The monoisotopic (exact) mass is 334 g/mol. The fourth-order valence-corrected chi connectivity index (χ4v) is 3.27. The van der Waals surface area contributed by atoms with Gasteiger partial charge in [-0.2, -0.15) is 0 Å². The van der Waals surface area contributed by atoms with Crippen LogP contribution in [-0.4, -0.2) is 42.4 Å². The molecule has 0 amide bonds. The summed E-state index contributed by atoms with van der Waals surface area (Å²) in [7, 11) is 0. The van der Waals surface area contributed by atoms with Crippen LogP contribution in [0.5, 0.6) is 0 Å². The third kappa shape index (κ3) is 4.78. The molecule has 2 aliphatic heterocycles. The van der Waals surface area contributed by atoms with E-state index in [2.05, 4.69) is 33.5 Å². The molecule has 0 spiro atoms. The van der Waals surface area contributed by atoms with Gasteiger partial charge in [-0.25, -0.2) is 4.98 Å². The molecule has 2 fully saturated rings. The van der Waals surface area contributed by atoms with Crippen molar-refractivity contribution >= 4 is 28.8 Å². The van der Waals surface area contributed by atoms with E-state index in [9.17, 15) is 0 Å². The van der Waals surface area contributed by atoms with Crippen LogP contribution < -0.4 is 15.5 Å². The highest BCUT2D eigenvalue weighted by molar-refractivity contribution is 7.80. The van der Waals surface area contributed by atoms with Gasteiger partial charge < -0.3 is 20.3 Å². The molecule has 2 N–H and O–H groups in total. The highest BCUT2D eigenvalue weighted by Crippen LogP contribution is 2.22. The van der Waals surface area contributed by atoms with Crippen LogP contribution in [0, 0.1) is 5.92 Å². The van der Waals surface area contributed by atoms with Crippen molar-refractivity contribution < 1.29 is 4.74 Å². The average Bonchev–Trinajstić information content (AvgIpc) is 3.08. The molecule has 23 heavy (non-hydrogen) atoms. The van der Waals surface area contributed by atoms with Gasteiger partial charge in [0.05, 0.1) is 18.0 Å². The number of pyridine rings is 1. The molecule has 1 atom stereocenters. The van der Waals surface area contributed by atoms with E-state index in [0.29, 0.717) is 5.11 Å². The Morgan fingerprint density at radius 1 is 1.35 bits per heavy atom. The van der Waals surface area contributed by atoms with E-state index in [0.717, 1.165) is 56.5 Å². The second kappa shape index (κ2) is 7.93. The summed E-state index contributed by atoms with van der Waals surface area (Å²) < 4.78 is 5.58. The lowest BCUT2D eigenvalue weighted by molar-refractivity contribution is 0.114. The lowest BCUT2D eigenvalue weighted by Crippen LogP contribution is -2.35. The van der Waals surface area contributed by atoms with Crippen LogP contribution in [0.2, 0.25) is 0 Å². The Bertz CT molecular complexity index is 508. The number of thiocarbonyl (C=S) groups is 1. The molecular formula is C17H26N4OS. The maximum absolute atomic E-state index is 5.58. The molecule has 1 aromatic rings. The Labute approximate surface area is 143 Å². The van der Waals surface area contributed by atoms with Crippen molar-refractivity contribution in [2.24, 2.45) is 5.92 Å². The third-order valence-corrected chi connectivity index (χ3v) is 4.87. The summed E-state index contributed by atoms with van der Waals surface area (Å²) >= 11 is 5.33. The second-order valence-corrected chi connectivity index (χ2v) is 6.95. The summed E-state index contributed by atoms with van der Waals surface area (Å²) in [6.07, 6.45) is 6.90. The SMILES string of the molecule is CC1CCN(c2ccc(NC(=S)NC[C@H]3CCCO3)cn2)CC1. The van der Waals surface area contributed by atoms with E-state index in [1.54, 1.807) is 0 Å². The number of hydrogen-bond donors (Lipinski definition) is 2. The minimum atomic E-state index is 0.289. The Balaban J connectivity index is 1.46. The number of nitrogens with zero attached hydrogens (tertiary/aromatic N) is 2. The minimum absolute atomic E-state index is 0.289. The number of piperidine rings is 1. The highest BCUT2D eigenvalue weighted by atomic mass is 32.1. The predicted octanol–water partition coefficient (Wildman–Crippen LogP) is 2.78. The predicted molar refractivity (Wildman–Crippen MR) is 98.0 cm³/mol. The molecular weight excluding hydrogens is 308 g/mol. The van der Waals surface area contributed by atoms with E-state index in [1.165, 1.54) is 12.8 Å². The zero-order chi connectivity index (χ0) is 16.1. The van der Waals surface area contributed by atoms with Crippen LogP contribution in [-0.2, 0) is 4.74 Å². The average molecular weight is 334 g/mol. The van der Waals surface area contributed by atoms with Crippen molar-refractivity contribution in [1.29, 1.82) is 0 Å². The van der Waals surface area contributed by atoms with Gasteiger partial charge in [-0.3, -0.25) is 0 Å². The van der Waals surface area contributed by atoms with Gasteiger partial charge in [0, 0.05) is 26.2 Å². The van der Waals surface area contributed by atoms with E-state index < -0.39 is 0 Å². The molecule has 0 unspecified atom stereocenters. The molecule has 2 saturated heterocycles. The fourth-order valence-electron chi connectivity index (χ4n) is 3.07. The molecule has 0 aromatic carbocycles. The Kier molecular flexibility index (Phi) is 5.67. The lowest BCUT2D eigenvalue weighted by atomic mass is 9.99. The van der Waals surface area contributed by atoms with Gasteiger partial charge in [-0.1, -0.05) is 6.92 Å². The molecule has 6 heteroatoms. The van der Waals surface area contributed by atoms with Crippen molar-refractivity contribution in [3.63, 3.8) is 0 Å². The molecule has 126 valence electrons. The topological polar surface area (TPSA) is 49.4 Å². The standard InChI is InChI=1S/C17H26N4OS/c1-13-6-8-21(9-7-13)16-5-4-14(11-18-16)20-17(23)19-12-15-3-2-10-22-15/h4-5,11,13,15H,2-3,6-10,12H2,1H3,(H2,19,20,23)/t15-/m1/s1. The molecule has 0 radical (unpaired) electrons. The van der Waals surface area contributed by atoms with Gasteiger partial charge in [-0.15, -0.1) is 0 Å². The molecule has 0 saturated carbocycles. The van der Waals surface area contributed by atoms with Crippen LogP contribution in [0.15, 0.2) is 18.3 Å². The quantitative estimate of drug-likeness (QED) is 0.826. The third-order valence-electron chi connectivity index (χ3n) is 4.63. The zero-order valence-corrected chi connectivity index (χ0v) is 14.6. The first-order valence-corrected chi connectivity index (χ1v) is 8.99. The molecule has 0 bridgehead atoms. The summed E-state index contributed by atoms with van der Waals surface area (Å²) in [5.74, 6) is 1.89. The first-order chi connectivity index (χ1) is 11.2.